The van der Waals surface area contributed by atoms with Crippen LogP contribution in [0.3, 0.4) is 0 Å². The van der Waals surface area contributed by atoms with Gasteiger partial charge in [0.15, 0.2) is 0 Å². The van der Waals surface area contributed by atoms with Gasteiger partial charge in [0.25, 0.3) is 0 Å². The van der Waals surface area contributed by atoms with Crippen LogP contribution in [0, 0.1) is 5.41 Å². The van der Waals surface area contributed by atoms with Crippen molar-refractivity contribution in [2.75, 3.05) is 0 Å². The van der Waals surface area contributed by atoms with E-state index in [0.717, 1.165) is 5.56 Å². The Morgan fingerprint density at radius 2 is 1.74 bits per heavy atom. The molecule has 0 aromatic heterocycles. The van der Waals surface area contributed by atoms with E-state index in [9.17, 15) is 14.4 Å². The minimum absolute atomic E-state index is 0.289. The lowest BCUT2D eigenvalue weighted by molar-refractivity contribution is -0.122. The van der Waals surface area contributed by atoms with Crippen molar-refractivity contribution in [2.45, 2.75) is 46.3 Å². The Hall–Kier alpha value is -2.37. The first-order valence-electron chi connectivity index (χ1n) is 7.58. The van der Waals surface area contributed by atoms with E-state index in [-0.39, 0.29) is 5.91 Å². The van der Waals surface area contributed by atoms with Crippen molar-refractivity contribution in [1.29, 1.82) is 0 Å². The average molecular weight is 319 g/mol. The molecule has 1 rings (SSSR count). The average Bonchev–Trinajstić information content (AvgIpc) is 2.50. The molecule has 3 amide bonds. The monoisotopic (exact) mass is 319 g/mol. The number of aldehydes is 1. The van der Waals surface area contributed by atoms with Crippen LogP contribution in [-0.2, 0) is 16.1 Å². The standard InChI is InChI=1S/C17H25N3O3/c1-12(15(22)18-10-13-8-6-5-7-9-13)19-16(23)20-14(11-21)17(2,3)4/h5-9,11-12,14H,10H2,1-4H3,(H,18,22)(H2,19,20,23). The first kappa shape index (κ1) is 18.7. The number of benzene rings is 1. The highest BCUT2D eigenvalue weighted by molar-refractivity contribution is 5.87. The van der Waals surface area contributed by atoms with Crippen molar-refractivity contribution in [2.24, 2.45) is 5.41 Å². The van der Waals surface area contributed by atoms with Gasteiger partial charge in [-0.2, -0.15) is 0 Å². The molecule has 0 saturated heterocycles. The minimum atomic E-state index is -0.703. The molecule has 0 aliphatic carbocycles. The molecule has 0 spiro atoms. The summed E-state index contributed by atoms with van der Waals surface area (Å²) in [5, 5.41) is 7.85. The van der Waals surface area contributed by atoms with Crippen LogP contribution in [0.2, 0.25) is 0 Å². The van der Waals surface area contributed by atoms with E-state index in [1.54, 1.807) is 6.92 Å². The smallest absolute Gasteiger partial charge is 0.316 e. The molecule has 0 aliphatic rings. The molecule has 0 saturated carbocycles. The lowest BCUT2D eigenvalue weighted by atomic mass is 9.88. The van der Waals surface area contributed by atoms with Crippen LogP contribution < -0.4 is 16.0 Å². The van der Waals surface area contributed by atoms with Gasteiger partial charge in [0, 0.05) is 6.54 Å². The summed E-state index contributed by atoms with van der Waals surface area (Å²) >= 11 is 0. The number of hydrogen-bond acceptors (Lipinski definition) is 3. The fourth-order valence-corrected chi connectivity index (χ4v) is 1.84. The summed E-state index contributed by atoms with van der Waals surface area (Å²) in [5.41, 5.74) is 0.587. The van der Waals surface area contributed by atoms with Gasteiger partial charge in [0.2, 0.25) is 5.91 Å². The van der Waals surface area contributed by atoms with Crippen molar-refractivity contribution in [3.8, 4) is 0 Å². The summed E-state index contributed by atoms with van der Waals surface area (Å²) < 4.78 is 0. The maximum Gasteiger partial charge on any atom is 0.316 e. The predicted octanol–water partition coefficient (Wildman–Crippen LogP) is 1.60. The molecular formula is C17H25N3O3. The van der Waals surface area contributed by atoms with E-state index in [1.807, 2.05) is 51.1 Å². The molecule has 23 heavy (non-hydrogen) atoms. The van der Waals surface area contributed by atoms with Crippen molar-refractivity contribution < 1.29 is 14.4 Å². The molecule has 0 fully saturated rings. The van der Waals surface area contributed by atoms with Crippen LogP contribution >= 0.6 is 0 Å². The molecule has 0 bridgehead atoms. The Balaban J connectivity index is 2.45. The highest BCUT2D eigenvalue weighted by Gasteiger charge is 2.26. The molecule has 2 unspecified atom stereocenters. The molecule has 1 aromatic rings. The number of carbonyl (C=O) groups is 3. The molecule has 0 heterocycles. The SMILES string of the molecule is CC(NC(=O)NC(C=O)C(C)(C)C)C(=O)NCc1ccccc1. The van der Waals surface area contributed by atoms with Crippen LogP contribution in [0.4, 0.5) is 4.79 Å². The van der Waals surface area contributed by atoms with Crippen LogP contribution in [0.15, 0.2) is 30.3 Å². The lowest BCUT2D eigenvalue weighted by Crippen LogP contribution is -2.53. The van der Waals surface area contributed by atoms with Gasteiger partial charge in [-0.15, -0.1) is 0 Å². The normalized spacial score (nSPS) is 13.6. The number of hydrogen-bond donors (Lipinski definition) is 3. The fourth-order valence-electron chi connectivity index (χ4n) is 1.84. The van der Waals surface area contributed by atoms with Gasteiger partial charge in [-0.25, -0.2) is 4.79 Å². The highest BCUT2D eigenvalue weighted by Crippen LogP contribution is 2.17. The molecule has 2 atom stereocenters. The number of amides is 3. The molecule has 126 valence electrons. The molecule has 6 heteroatoms. The van der Waals surface area contributed by atoms with Crippen molar-refractivity contribution >= 4 is 18.2 Å². The summed E-state index contributed by atoms with van der Waals surface area (Å²) in [6.07, 6.45) is 0.694. The summed E-state index contributed by atoms with van der Waals surface area (Å²) in [5.74, 6) is -0.289. The predicted molar refractivity (Wildman–Crippen MR) is 88.7 cm³/mol. The third-order valence-corrected chi connectivity index (χ3v) is 3.41. The third kappa shape index (κ3) is 6.50. The van der Waals surface area contributed by atoms with Gasteiger partial charge in [0.1, 0.15) is 12.3 Å². The zero-order chi connectivity index (χ0) is 17.5. The van der Waals surface area contributed by atoms with Crippen LogP contribution in [0.25, 0.3) is 0 Å². The van der Waals surface area contributed by atoms with E-state index in [2.05, 4.69) is 16.0 Å². The van der Waals surface area contributed by atoms with Gasteiger partial charge in [-0.05, 0) is 17.9 Å². The second kappa shape index (κ2) is 8.31. The van der Waals surface area contributed by atoms with Crippen molar-refractivity contribution in [1.82, 2.24) is 16.0 Å². The zero-order valence-electron chi connectivity index (χ0n) is 14.1. The topological polar surface area (TPSA) is 87.3 Å². The Kier molecular flexibility index (Phi) is 6.75. The number of rotatable bonds is 6. The Morgan fingerprint density at radius 1 is 1.13 bits per heavy atom. The number of urea groups is 1. The van der Waals surface area contributed by atoms with Gasteiger partial charge >= 0.3 is 6.03 Å². The molecule has 3 N–H and O–H groups in total. The van der Waals surface area contributed by atoms with Crippen molar-refractivity contribution in [3.05, 3.63) is 35.9 Å². The third-order valence-electron chi connectivity index (χ3n) is 3.41. The van der Waals surface area contributed by atoms with Crippen LogP contribution in [0.5, 0.6) is 0 Å². The molecule has 0 aliphatic heterocycles. The zero-order valence-corrected chi connectivity index (χ0v) is 14.1. The molecule has 6 nitrogen and oxygen atoms in total. The van der Waals surface area contributed by atoms with E-state index in [4.69, 9.17) is 0 Å². The fraction of sp³-hybridized carbons (Fsp3) is 0.471. The van der Waals surface area contributed by atoms with Gasteiger partial charge in [-0.1, -0.05) is 51.1 Å². The van der Waals surface area contributed by atoms with Crippen molar-refractivity contribution in [3.63, 3.8) is 0 Å². The highest BCUT2D eigenvalue weighted by atomic mass is 16.2. The van der Waals surface area contributed by atoms with Crippen LogP contribution in [-0.4, -0.2) is 30.3 Å². The summed E-state index contributed by atoms with van der Waals surface area (Å²) in [7, 11) is 0. The van der Waals surface area contributed by atoms with Gasteiger partial charge in [0.05, 0.1) is 6.04 Å². The maximum absolute atomic E-state index is 12.0. The quantitative estimate of drug-likeness (QED) is 0.696. The number of carbonyl (C=O) groups excluding carboxylic acids is 3. The first-order valence-corrected chi connectivity index (χ1v) is 7.58. The number of nitrogens with one attached hydrogen (secondary N) is 3. The van der Waals surface area contributed by atoms with Crippen LogP contribution in [0.1, 0.15) is 33.3 Å². The van der Waals surface area contributed by atoms with Gasteiger partial charge in [-0.3, -0.25) is 4.79 Å². The Bertz CT molecular complexity index is 538. The molecule has 0 radical (unpaired) electrons. The summed E-state index contributed by atoms with van der Waals surface area (Å²) in [4.78, 5) is 34.9. The van der Waals surface area contributed by atoms with E-state index >= 15 is 0 Å². The maximum atomic E-state index is 12.0. The minimum Gasteiger partial charge on any atom is -0.350 e. The summed E-state index contributed by atoms with van der Waals surface area (Å²) in [6, 6.07) is 7.63. The van der Waals surface area contributed by atoms with E-state index in [0.29, 0.717) is 12.8 Å². The van der Waals surface area contributed by atoms with E-state index < -0.39 is 23.5 Å². The largest absolute Gasteiger partial charge is 0.350 e. The second-order valence-electron chi connectivity index (χ2n) is 6.52. The Labute approximate surface area is 137 Å². The van der Waals surface area contributed by atoms with Gasteiger partial charge < -0.3 is 20.7 Å². The first-order chi connectivity index (χ1) is 10.7. The molecular weight excluding hydrogens is 294 g/mol. The lowest BCUT2D eigenvalue weighted by Gasteiger charge is -2.27. The Morgan fingerprint density at radius 3 is 2.26 bits per heavy atom. The molecule has 1 aromatic carbocycles. The van der Waals surface area contributed by atoms with E-state index in [1.165, 1.54) is 0 Å². The second-order valence-corrected chi connectivity index (χ2v) is 6.52. The summed E-state index contributed by atoms with van der Waals surface area (Å²) in [6.45, 7) is 7.53.